The summed E-state index contributed by atoms with van der Waals surface area (Å²) >= 11 is 0. The first-order valence-electron chi connectivity index (χ1n) is 5.04. The molecular formula is C10H12FN3O4. The number of carbonyl (C=O) groups is 1. The third kappa shape index (κ3) is 4.74. The molecule has 1 amide bonds. The molecule has 0 fully saturated rings. The van der Waals surface area contributed by atoms with Crippen molar-refractivity contribution < 1.29 is 18.8 Å². The monoisotopic (exact) mass is 257 g/mol. The molecule has 1 aromatic carbocycles. The van der Waals surface area contributed by atoms with Gasteiger partial charge in [0.15, 0.2) is 0 Å². The largest absolute Gasteiger partial charge is 0.382 e. The molecule has 98 valence electrons. The average molecular weight is 257 g/mol. The second-order valence-corrected chi connectivity index (χ2v) is 3.40. The molecule has 0 spiro atoms. The lowest BCUT2D eigenvalue weighted by Gasteiger charge is -2.06. The number of rotatable bonds is 7. The summed E-state index contributed by atoms with van der Waals surface area (Å²) in [7, 11) is 0. The van der Waals surface area contributed by atoms with E-state index in [0.717, 1.165) is 12.1 Å². The second-order valence-electron chi connectivity index (χ2n) is 3.40. The van der Waals surface area contributed by atoms with E-state index in [4.69, 9.17) is 10.5 Å². The van der Waals surface area contributed by atoms with E-state index in [-0.39, 0.29) is 31.1 Å². The highest BCUT2D eigenvalue weighted by atomic mass is 19.1. The zero-order valence-corrected chi connectivity index (χ0v) is 9.39. The molecule has 1 rings (SSSR count). The second kappa shape index (κ2) is 6.50. The van der Waals surface area contributed by atoms with Crippen molar-refractivity contribution in [3.05, 3.63) is 34.1 Å². The van der Waals surface area contributed by atoms with Crippen LogP contribution in [0.25, 0.3) is 0 Å². The van der Waals surface area contributed by atoms with Crippen LogP contribution in [0.2, 0.25) is 0 Å². The van der Waals surface area contributed by atoms with E-state index in [2.05, 4.69) is 5.32 Å². The minimum Gasteiger partial charge on any atom is -0.382 e. The van der Waals surface area contributed by atoms with Gasteiger partial charge in [-0.1, -0.05) is 0 Å². The van der Waals surface area contributed by atoms with Crippen LogP contribution in [0, 0.1) is 15.9 Å². The minimum absolute atomic E-state index is 0.174. The Hall–Kier alpha value is -2.22. The van der Waals surface area contributed by atoms with E-state index in [1.54, 1.807) is 0 Å². The van der Waals surface area contributed by atoms with Crippen molar-refractivity contribution in [2.45, 2.75) is 0 Å². The number of nitro groups is 1. The number of nitrogens with two attached hydrogens (primary N) is 1. The van der Waals surface area contributed by atoms with Gasteiger partial charge in [-0.25, -0.2) is 4.39 Å². The maximum Gasteiger partial charge on any atom is 0.274 e. The van der Waals surface area contributed by atoms with Crippen molar-refractivity contribution in [1.29, 1.82) is 0 Å². The van der Waals surface area contributed by atoms with Gasteiger partial charge in [-0.3, -0.25) is 14.9 Å². The maximum absolute atomic E-state index is 13.0. The number of anilines is 1. The highest BCUT2D eigenvalue weighted by molar-refractivity contribution is 5.74. The first kappa shape index (κ1) is 13.8. The number of nitro benzene ring substituents is 1. The summed E-state index contributed by atoms with van der Waals surface area (Å²) in [5, 5.41) is 13.2. The van der Waals surface area contributed by atoms with Crippen molar-refractivity contribution in [3.8, 4) is 0 Å². The molecule has 0 aliphatic carbocycles. The van der Waals surface area contributed by atoms with Gasteiger partial charge >= 0.3 is 0 Å². The molecule has 0 atom stereocenters. The lowest BCUT2D eigenvalue weighted by Crippen LogP contribution is -2.20. The lowest BCUT2D eigenvalue weighted by molar-refractivity contribution is -0.385. The Morgan fingerprint density at radius 1 is 1.50 bits per heavy atom. The number of non-ortho nitro benzene ring substituents is 1. The van der Waals surface area contributed by atoms with Crippen molar-refractivity contribution in [2.75, 3.05) is 25.1 Å². The molecule has 0 aliphatic heterocycles. The summed E-state index contributed by atoms with van der Waals surface area (Å²) in [6.45, 7) is 0.242. The number of carbonyl (C=O) groups excluding carboxylic acids is 1. The summed E-state index contributed by atoms with van der Waals surface area (Å²) in [6, 6.07) is 3.16. The minimum atomic E-state index is -0.704. The van der Waals surface area contributed by atoms with Gasteiger partial charge in [-0.2, -0.15) is 0 Å². The van der Waals surface area contributed by atoms with Gasteiger partial charge < -0.3 is 15.8 Å². The molecule has 0 heterocycles. The Morgan fingerprint density at radius 2 is 2.22 bits per heavy atom. The molecule has 0 aliphatic rings. The average Bonchev–Trinajstić information content (AvgIpc) is 2.27. The number of hydrogen-bond donors (Lipinski definition) is 2. The van der Waals surface area contributed by atoms with Crippen molar-refractivity contribution in [3.63, 3.8) is 0 Å². The number of benzene rings is 1. The molecule has 8 heteroatoms. The molecule has 0 radical (unpaired) electrons. The van der Waals surface area contributed by atoms with Gasteiger partial charge in [0.1, 0.15) is 12.4 Å². The Morgan fingerprint density at radius 3 is 2.83 bits per heavy atom. The van der Waals surface area contributed by atoms with E-state index >= 15 is 0 Å². The molecule has 0 saturated heterocycles. The van der Waals surface area contributed by atoms with Crippen molar-refractivity contribution in [2.24, 2.45) is 5.73 Å². The molecule has 7 nitrogen and oxygen atoms in total. The van der Waals surface area contributed by atoms with E-state index in [9.17, 15) is 19.3 Å². The molecular weight excluding hydrogens is 245 g/mol. The van der Waals surface area contributed by atoms with Crippen LogP contribution in [0.15, 0.2) is 18.2 Å². The fourth-order valence-electron chi connectivity index (χ4n) is 1.22. The van der Waals surface area contributed by atoms with Gasteiger partial charge in [0.25, 0.3) is 5.69 Å². The van der Waals surface area contributed by atoms with Crippen LogP contribution in [0.5, 0.6) is 0 Å². The normalized spacial score (nSPS) is 10.1. The molecule has 0 saturated carbocycles. The van der Waals surface area contributed by atoms with E-state index < -0.39 is 16.6 Å². The molecule has 3 N–H and O–H groups in total. The molecule has 1 aromatic rings. The van der Waals surface area contributed by atoms with Crippen LogP contribution in [0.1, 0.15) is 0 Å². The third-order valence-corrected chi connectivity index (χ3v) is 1.91. The molecule has 0 bridgehead atoms. The number of nitrogens with zero attached hydrogens (tertiary/aromatic N) is 1. The smallest absolute Gasteiger partial charge is 0.274 e. The third-order valence-electron chi connectivity index (χ3n) is 1.91. The molecule has 0 aromatic heterocycles. The summed E-state index contributed by atoms with van der Waals surface area (Å²) in [5.74, 6) is -1.29. The molecule has 18 heavy (non-hydrogen) atoms. The highest BCUT2D eigenvalue weighted by Gasteiger charge is 2.09. The van der Waals surface area contributed by atoms with Crippen LogP contribution in [-0.2, 0) is 9.53 Å². The van der Waals surface area contributed by atoms with Gasteiger partial charge in [-0.15, -0.1) is 0 Å². The Bertz CT molecular complexity index is 453. The number of nitrogens with one attached hydrogen (secondary N) is 1. The Labute approximate surface area is 102 Å². The zero-order valence-electron chi connectivity index (χ0n) is 9.39. The van der Waals surface area contributed by atoms with Crippen LogP contribution < -0.4 is 11.1 Å². The van der Waals surface area contributed by atoms with E-state index in [0.29, 0.717) is 0 Å². The van der Waals surface area contributed by atoms with Crippen LogP contribution in [0.3, 0.4) is 0 Å². The van der Waals surface area contributed by atoms with Crippen LogP contribution in [0.4, 0.5) is 15.8 Å². The lowest BCUT2D eigenvalue weighted by atomic mass is 10.2. The summed E-state index contributed by atoms with van der Waals surface area (Å²) in [5.41, 5.74) is 4.78. The van der Waals surface area contributed by atoms with Gasteiger partial charge in [-0.05, 0) is 6.07 Å². The first-order valence-corrected chi connectivity index (χ1v) is 5.04. The summed E-state index contributed by atoms with van der Waals surface area (Å²) in [4.78, 5) is 20.2. The quantitative estimate of drug-likeness (QED) is 0.423. The number of amides is 1. The topological polar surface area (TPSA) is 107 Å². The van der Waals surface area contributed by atoms with Crippen molar-refractivity contribution >= 4 is 17.3 Å². The highest BCUT2D eigenvalue weighted by Crippen LogP contribution is 2.19. The van der Waals surface area contributed by atoms with Crippen molar-refractivity contribution in [1.82, 2.24) is 0 Å². The van der Waals surface area contributed by atoms with Crippen LogP contribution in [-0.4, -0.2) is 30.6 Å². The standard InChI is InChI=1S/C10H12FN3O4/c11-7-3-8(5-9(4-7)14(16)17)13-1-2-18-6-10(12)15/h3-5,13H,1-2,6H2,(H2,12,15). The fraction of sp³-hybridized carbons (Fsp3) is 0.300. The number of halogens is 1. The zero-order chi connectivity index (χ0) is 13.5. The van der Waals surface area contributed by atoms with Gasteiger partial charge in [0, 0.05) is 18.3 Å². The number of hydrogen-bond acceptors (Lipinski definition) is 5. The maximum atomic E-state index is 13.0. The van der Waals surface area contributed by atoms with Gasteiger partial charge in [0.2, 0.25) is 5.91 Å². The SMILES string of the molecule is NC(=O)COCCNc1cc(F)cc([N+](=O)[O-])c1. The number of primary amides is 1. The van der Waals surface area contributed by atoms with Gasteiger partial charge in [0.05, 0.1) is 17.6 Å². The first-order chi connectivity index (χ1) is 8.49. The van der Waals surface area contributed by atoms with E-state index in [1.165, 1.54) is 6.07 Å². The van der Waals surface area contributed by atoms with E-state index in [1.807, 2.05) is 0 Å². The Kier molecular flexibility index (Phi) is 5.00. The summed E-state index contributed by atoms with van der Waals surface area (Å²) in [6.07, 6.45) is 0. The predicted octanol–water partition coefficient (Wildman–Crippen LogP) is 0.648. The number of ether oxygens (including phenoxy) is 1. The predicted molar refractivity (Wildman–Crippen MR) is 61.6 cm³/mol. The Balaban J connectivity index is 2.47. The summed E-state index contributed by atoms with van der Waals surface area (Å²) < 4.78 is 17.9. The molecule has 0 unspecified atom stereocenters. The fourth-order valence-corrected chi connectivity index (χ4v) is 1.22. The van der Waals surface area contributed by atoms with Crippen LogP contribution >= 0.6 is 0 Å².